The quantitative estimate of drug-likeness (QED) is 0.440. The molecular formula is C21H21BrFN2P. The highest BCUT2D eigenvalue weighted by molar-refractivity contribution is 9.10. The number of halogens is 2. The number of rotatable bonds is 3. The van der Waals surface area contributed by atoms with Crippen LogP contribution in [0.2, 0.25) is 0 Å². The normalized spacial score (nSPS) is 18.5. The Kier molecular flexibility index (Phi) is 4.75. The highest BCUT2D eigenvalue weighted by atomic mass is 79.9. The smallest absolute Gasteiger partial charge is 0.123 e. The van der Waals surface area contributed by atoms with Crippen molar-refractivity contribution in [2.45, 2.75) is 31.7 Å². The second kappa shape index (κ2) is 6.90. The average Bonchev–Trinajstić information content (AvgIpc) is 2.93. The topological polar surface area (TPSA) is 17.8 Å². The molecule has 1 aliphatic heterocycles. The zero-order valence-corrected chi connectivity index (χ0v) is 17.4. The molecule has 134 valence electrons. The van der Waals surface area contributed by atoms with E-state index in [0.29, 0.717) is 0 Å². The number of nitrogens with zero attached hydrogens (tertiary/aromatic N) is 2. The van der Waals surface area contributed by atoms with Crippen molar-refractivity contribution in [3.63, 3.8) is 0 Å². The van der Waals surface area contributed by atoms with Crippen molar-refractivity contribution >= 4 is 23.9 Å². The van der Waals surface area contributed by atoms with E-state index in [1.54, 1.807) is 12.1 Å². The molecule has 0 N–H and O–H groups in total. The molecule has 2 nitrogen and oxygen atoms in total. The Morgan fingerprint density at radius 1 is 1.15 bits per heavy atom. The summed E-state index contributed by atoms with van der Waals surface area (Å²) in [5, 5.41) is 0. The Morgan fingerprint density at radius 3 is 2.65 bits per heavy atom. The van der Waals surface area contributed by atoms with E-state index in [2.05, 4.69) is 64.7 Å². The van der Waals surface area contributed by atoms with Crippen molar-refractivity contribution in [2.24, 2.45) is 0 Å². The van der Waals surface area contributed by atoms with E-state index < -0.39 is 0 Å². The predicted octanol–water partition coefficient (Wildman–Crippen LogP) is 6.38. The Hall–Kier alpha value is -1.51. The fraction of sp³-hybridized carbons (Fsp3) is 0.286. The summed E-state index contributed by atoms with van der Waals surface area (Å²) in [4.78, 5) is 4.91. The maximum atomic E-state index is 13.7. The van der Waals surface area contributed by atoms with Crippen molar-refractivity contribution in [2.75, 3.05) is 6.16 Å². The van der Waals surface area contributed by atoms with Gasteiger partial charge in [-0.05, 0) is 59.8 Å². The van der Waals surface area contributed by atoms with E-state index in [-0.39, 0.29) is 19.3 Å². The van der Waals surface area contributed by atoms with Crippen LogP contribution in [0.5, 0.6) is 0 Å². The molecule has 1 aliphatic rings. The maximum absolute atomic E-state index is 13.7. The molecule has 0 bridgehead atoms. The molecule has 2 heterocycles. The Balaban J connectivity index is 1.70. The number of benzene rings is 2. The predicted molar refractivity (Wildman–Crippen MR) is 110 cm³/mol. The van der Waals surface area contributed by atoms with Crippen molar-refractivity contribution < 1.29 is 4.39 Å². The molecule has 1 unspecified atom stereocenters. The van der Waals surface area contributed by atoms with Crippen LogP contribution in [0.3, 0.4) is 0 Å². The highest BCUT2D eigenvalue weighted by Gasteiger charge is 2.36. The van der Waals surface area contributed by atoms with Gasteiger partial charge in [0, 0.05) is 17.3 Å². The summed E-state index contributed by atoms with van der Waals surface area (Å²) in [5.41, 5.74) is 3.05. The number of aromatic nitrogens is 2. The summed E-state index contributed by atoms with van der Waals surface area (Å²) in [6.45, 7) is 4.55. The van der Waals surface area contributed by atoms with E-state index in [4.69, 9.17) is 4.98 Å². The van der Waals surface area contributed by atoms with Crippen molar-refractivity contribution in [1.29, 1.82) is 0 Å². The van der Waals surface area contributed by atoms with E-state index in [1.165, 1.54) is 11.6 Å². The van der Waals surface area contributed by atoms with Gasteiger partial charge in [-0.2, -0.15) is 0 Å². The first-order valence-electron chi connectivity index (χ1n) is 8.74. The zero-order valence-electron chi connectivity index (χ0n) is 14.9. The molecule has 0 spiro atoms. The lowest BCUT2D eigenvalue weighted by Gasteiger charge is -2.38. The van der Waals surface area contributed by atoms with Gasteiger partial charge in [0.05, 0.1) is 0 Å². The SMILES string of the molecule is CC1(C)CP(Cc2ccccc2)Cc2nc(-c3cccc(F)c3)c(Br)n21. The molecule has 3 aromatic rings. The third-order valence-electron chi connectivity index (χ3n) is 4.82. The molecule has 0 amide bonds. The van der Waals surface area contributed by atoms with Gasteiger partial charge >= 0.3 is 0 Å². The fourth-order valence-electron chi connectivity index (χ4n) is 3.81. The minimum atomic E-state index is -0.231. The van der Waals surface area contributed by atoms with Crippen molar-refractivity contribution in [1.82, 2.24) is 9.55 Å². The summed E-state index contributed by atoms with van der Waals surface area (Å²) < 4.78 is 16.9. The maximum Gasteiger partial charge on any atom is 0.123 e. The number of imidazole rings is 1. The van der Waals surface area contributed by atoms with Gasteiger partial charge in [-0.15, -0.1) is 0 Å². The largest absolute Gasteiger partial charge is 0.316 e. The lowest BCUT2D eigenvalue weighted by Crippen LogP contribution is -2.35. The molecule has 4 rings (SSSR count). The van der Waals surface area contributed by atoms with Crippen molar-refractivity contribution in [3.05, 3.63) is 76.4 Å². The summed E-state index contributed by atoms with van der Waals surface area (Å²) in [7, 11) is -0.175. The molecule has 2 aromatic carbocycles. The molecule has 5 heteroatoms. The van der Waals surface area contributed by atoms with Gasteiger partial charge in [0.2, 0.25) is 0 Å². The molecule has 1 aromatic heterocycles. The minimum absolute atomic E-state index is 0.00846. The van der Waals surface area contributed by atoms with Crippen molar-refractivity contribution in [3.8, 4) is 11.3 Å². The monoisotopic (exact) mass is 430 g/mol. The number of hydrogen-bond donors (Lipinski definition) is 0. The second-order valence-corrected chi connectivity index (χ2v) is 10.5. The molecule has 26 heavy (non-hydrogen) atoms. The number of hydrogen-bond acceptors (Lipinski definition) is 1. The third kappa shape index (κ3) is 3.37. The molecule has 0 saturated heterocycles. The van der Waals surface area contributed by atoms with Gasteiger partial charge < -0.3 is 4.57 Å². The van der Waals surface area contributed by atoms with E-state index in [1.807, 2.05) is 6.07 Å². The third-order valence-corrected chi connectivity index (χ3v) is 8.31. The van der Waals surface area contributed by atoms with Crippen LogP contribution >= 0.6 is 23.9 Å². The number of fused-ring (bicyclic) bond motifs is 1. The Labute approximate surface area is 163 Å². The molecular weight excluding hydrogens is 410 g/mol. The summed E-state index contributed by atoms with van der Waals surface area (Å²) >= 11 is 3.75. The average molecular weight is 431 g/mol. The molecule has 0 aliphatic carbocycles. The Bertz CT molecular complexity index is 936. The fourth-order valence-corrected chi connectivity index (χ4v) is 7.73. The zero-order chi connectivity index (χ0) is 18.3. The lowest BCUT2D eigenvalue weighted by atomic mass is 10.1. The van der Waals surface area contributed by atoms with Crippen LogP contribution in [0, 0.1) is 5.82 Å². The first kappa shape index (κ1) is 17.9. The van der Waals surface area contributed by atoms with Crippen LogP contribution in [-0.4, -0.2) is 15.7 Å². The van der Waals surface area contributed by atoms with E-state index >= 15 is 0 Å². The first-order chi connectivity index (χ1) is 12.4. The van der Waals surface area contributed by atoms with Gasteiger partial charge in [0.1, 0.15) is 21.9 Å². The summed E-state index contributed by atoms with van der Waals surface area (Å²) in [6, 6.07) is 17.4. The molecule has 0 fully saturated rings. The summed E-state index contributed by atoms with van der Waals surface area (Å²) in [6.07, 6.45) is 3.28. The van der Waals surface area contributed by atoms with Crippen LogP contribution < -0.4 is 0 Å². The molecule has 0 radical (unpaired) electrons. The van der Waals surface area contributed by atoms with Crippen LogP contribution in [0.4, 0.5) is 4.39 Å². The van der Waals surface area contributed by atoms with Gasteiger partial charge in [-0.3, -0.25) is 0 Å². The van der Waals surface area contributed by atoms with Gasteiger partial charge in [-0.25, -0.2) is 9.37 Å². The lowest BCUT2D eigenvalue weighted by molar-refractivity contribution is 0.377. The van der Waals surface area contributed by atoms with Crippen LogP contribution in [0.25, 0.3) is 11.3 Å². The van der Waals surface area contributed by atoms with Crippen LogP contribution in [0.1, 0.15) is 25.2 Å². The Morgan fingerprint density at radius 2 is 1.92 bits per heavy atom. The second-order valence-electron chi connectivity index (χ2n) is 7.46. The van der Waals surface area contributed by atoms with Crippen LogP contribution in [0.15, 0.2) is 59.2 Å². The van der Waals surface area contributed by atoms with Gasteiger partial charge in [-0.1, -0.05) is 50.4 Å². The summed E-state index contributed by atoms with van der Waals surface area (Å²) in [5.74, 6) is 0.875. The van der Waals surface area contributed by atoms with Crippen LogP contribution in [-0.2, 0) is 17.9 Å². The van der Waals surface area contributed by atoms with E-state index in [9.17, 15) is 4.39 Å². The molecule has 0 saturated carbocycles. The first-order valence-corrected chi connectivity index (χ1v) is 11.4. The molecule has 1 atom stereocenters. The standard InChI is InChI=1S/C21H21BrFN2P/c1-21(2)14-26(12-15-7-4-3-5-8-15)13-18-24-19(20(22)25(18)21)16-9-6-10-17(23)11-16/h3-11H,12-14H2,1-2H3. The minimum Gasteiger partial charge on any atom is -0.316 e. The highest BCUT2D eigenvalue weighted by Crippen LogP contribution is 2.53. The van der Waals surface area contributed by atoms with E-state index in [0.717, 1.165) is 40.2 Å². The van der Waals surface area contributed by atoms with Gasteiger partial charge in [0.15, 0.2) is 0 Å². The van der Waals surface area contributed by atoms with Gasteiger partial charge in [0.25, 0.3) is 0 Å².